The van der Waals surface area contributed by atoms with E-state index in [1.807, 2.05) is 6.08 Å². The lowest BCUT2D eigenvalue weighted by Gasteiger charge is -2.19. The Morgan fingerprint density at radius 3 is 2.69 bits per heavy atom. The Morgan fingerprint density at radius 1 is 1.25 bits per heavy atom. The molecule has 1 aliphatic rings. The van der Waals surface area contributed by atoms with Crippen molar-refractivity contribution in [2.24, 2.45) is 0 Å². The van der Waals surface area contributed by atoms with Gasteiger partial charge in [0.1, 0.15) is 0 Å². The van der Waals surface area contributed by atoms with Crippen LogP contribution in [0.5, 0.6) is 0 Å². The smallest absolute Gasteiger partial charge is 0.0558 e. The van der Waals surface area contributed by atoms with Gasteiger partial charge in [-0.2, -0.15) is 0 Å². The van der Waals surface area contributed by atoms with Crippen molar-refractivity contribution in [3.05, 3.63) is 12.7 Å². The summed E-state index contributed by atoms with van der Waals surface area (Å²) in [6.45, 7) is 7.89. The second-order valence-corrected chi connectivity index (χ2v) is 4.60. The molecule has 0 heterocycles. The second kappa shape index (κ2) is 8.74. The molecule has 94 valence electrons. The molecule has 0 radical (unpaired) electrons. The zero-order valence-electron chi connectivity index (χ0n) is 10.3. The molecule has 0 aromatic heterocycles. The third kappa shape index (κ3) is 6.99. The Kier molecular flexibility index (Phi) is 7.47. The van der Waals surface area contributed by atoms with Crippen LogP contribution >= 0.6 is 0 Å². The third-order valence-electron chi connectivity index (χ3n) is 2.97. The fraction of sp³-hybridized carbons (Fsp3) is 0.846. The minimum absolute atomic E-state index is 0.247. The van der Waals surface area contributed by atoms with Gasteiger partial charge in [0.05, 0.1) is 6.61 Å². The minimum atomic E-state index is 0.247. The maximum atomic E-state index is 8.89. The zero-order chi connectivity index (χ0) is 11.6. The predicted octanol–water partition coefficient (Wildman–Crippen LogP) is 1.39. The lowest BCUT2D eigenvalue weighted by molar-refractivity contribution is 0.206. The maximum absolute atomic E-state index is 8.89. The van der Waals surface area contributed by atoms with Crippen LogP contribution in [-0.4, -0.2) is 48.8 Å². The van der Waals surface area contributed by atoms with Crippen LogP contribution in [0.25, 0.3) is 0 Å². The second-order valence-electron chi connectivity index (χ2n) is 4.60. The highest BCUT2D eigenvalue weighted by Crippen LogP contribution is 2.18. The van der Waals surface area contributed by atoms with E-state index in [1.54, 1.807) is 0 Å². The predicted molar refractivity (Wildman–Crippen MR) is 68.6 cm³/mol. The van der Waals surface area contributed by atoms with Gasteiger partial charge in [0.15, 0.2) is 0 Å². The van der Waals surface area contributed by atoms with E-state index in [0.29, 0.717) is 0 Å². The fourth-order valence-electron chi connectivity index (χ4n) is 1.85. The van der Waals surface area contributed by atoms with E-state index >= 15 is 0 Å². The molecule has 0 aromatic rings. The van der Waals surface area contributed by atoms with E-state index in [1.165, 1.54) is 38.6 Å². The van der Waals surface area contributed by atoms with Crippen molar-refractivity contribution < 1.29 is 5.11 Å². The molecule has 0 spiro atoms. The van der Waals surface area contributed by atoms with Gasteiger partial charge < -0.3 is 10.4 Å². The molecular weight excluding hydrogens is 200 g/mol. The van der Waals surface area contributed by atoms with Crippen molar-refractivity contribution in [3.8, 4) is 0 Å². The summed E-state index contributed by atoms with van der Waals surface area (Å²) < 4.78 is 0. The van der Waals surface area contributed by atoms with E-state index in [9.17, 15) is 0 Å². The average molecular weight is 226 g/mol. The highest BCUT2D eigenvalue weighted by atomic mass is 16.3. The number of hydrogen-bond acceptors (Lipinski definition) is 3. The molecule has 0 atom stereocenters. The summed E-state index contributed by atoms with van der Waals surface area (Å²) in [6.07, 6.45) is 8.44. The van der Waals surface area contributed by atoms with Crippen molar-refractivity contribution in [2.75, 3.05) is 32.8 Å². The Labute approximate surface area is 99.5 Å². The summed E-state index contributed by atoms with van der Waals surface area (Å²) >= 11 is 0. The number of rotatable bonds is 11. The van der Waals surface area contributed by atoms with Crippen LogP contribution in [0.1, 0.15) is 32.1 Å². The van der Waals surface area contributed by atoms with E-state index in [0.717, 1.165) is 25.7 Å². The van der Waals surface area contributed by atoms with Gasteiger partial charge in [-0.05, 0) is 38.8 Å². The first kappa shape index (κ1) is 13.7. The quantitative estimate of drug-likeness (QED) is 0.413. The molecule has 0 aliphatic heterocycles. The summed E-state index contributed by atoms with van der Waals surface area (Å²) in [5, 5.41) is 12.4. The first-order chi connectivity index (χ1) is 7.86. The largest absolute Gasteiger partial charge is 0.395 e. The lowest BCUT2D eigenvalue weighted by atomic mass is 10.2. The molecule has 0 aromatic carbocycles. The monoisotopic (exact) mass is 226 g/mol. The van der Waals surface area contributed by atoms with Crippen LogP contribution in [0.2, 0.25) is 0 Å². The van der Waals surface area contributed by atoms with Gasteiger partial charge >= 0.3 is 0 Å². The maximum Gasteiger partial charge on any atom is 0.0558 e. The average Bonchev–Trinajstić information content (AvgIpc) is 3.07. The highest BCUT2D eigenvalue weighted by Gasteiger charge is 2.19. The van der Waals surface area contributed by atoms with Gasteiger partial charge in [-0.3, -0.25) is 4.90 Å². The number of aliphatic hydroxyl groups excluding tert-OH is 1. The van der Waals surface area contributed by atoms with Gasteiger partial charge in [-0.25, -0.2) is 0 Å². The van der Waals surface area contributed by atoms with E-state index < -0.39 is 0 Å². The molecule has 1 aliphatic carbocycles. The van der Waals surface area contributed by atoms with Gasteiger partial charge in [-0.15, -0.1) is 6.58 Å². The van der Waals surface area contributed by atoms with Crippen LogP contribution in [0.4, 0.5) is 0 Å². The molecule has 3 heteroatoms. The van der Waals surface area contributed by atoms with Crippen LogP contribution in [0, 0.1) is 0 Å². The van der Waals surface area contributed by atoms with E-state index in [4.69, 9.17) is 5.11 Å². The van der Waals surface area contributed by atoms with E-state index in [-0.39, 0.29) is 6.61 Å². The zero-order valence-corrected chi connectivity index (χ0v) is 10.3. The van der Waals surface area contributed by atoms with Crippen LogP contribution in [-0.2, 0) is 0 Å². The molecule has 0 amide bonds. The molecular formula is C13H26N2O. The van der Waals surface area contributed by atoms with Crippen molar-refractivity contribution >= 4 is 0 Å². The molecule has 3 nitrogen and oxygen atoms in total. The van der Waals surface area contributed by atoms with Crippen molar-refractivity contribution in [2.45, 2.75) is 38.1 Å². The number of nitrogens with zero attached hydrogens (tertiary/aromatic N) is 1. The molecule has 1 rings (SSSR count). The number of aliphatic hydroxyl groups is 1. The molecule has 1 fully saturated rings. The van der Waals surface area contributed by atoms with Gasteiger partial charge in [0, 0.05) is 19.1 Å². The summed E-state index contributed by atoms with van der Waals surface area (Å²) in [5.74, 6) is 0. The summed E-state index contributed by atoms with van der Waals surface area (Å²) in [6, 6.07) is 0.839. The Balaban J connectivity index is 1.87. The number of nitrogens with one attached hydrogen (secondary N) is 1. The van der Waals surface area contributed by atoms with Gasteiger partial charge in [-0.1, -0.05) is 12.5 Å². The van der Waals surface area contributed by atoms with Crippen LogP contribution in [0.3, 0.4) is 0 Å². The Bertz CT molecular complexity index is 181. The minimum Gasteiger partial charge on any atom is -0.395 e. The highest BCUT2D eigenvalue weighted by molar-refractivity contribution is 4.80. The first-order valence-electron chi connectivity index (χ1n) is 6.54. The number of unbranched alkanes of at least 4 members (excludes halogenated alkanes) is 2. The first-order valence-corrected chi connectivity index (χ1v) is 6.54. The lowest BCUT2D eigenvalue weighted by Crippen LogP contribution is -2.28. The molecule has 16 heavy (non-hydrogen) atoms. The molecule has 0 unspecified atom stereocenters. The van der Waals surface area contributed by atoms with Crippen molar-refractivity contribution in [1.82, 2.24) is 10.2 Å². The SMILES string of the molecule is C=CCN(CCO)CCCCCNC1CC1. The van der Waals surface area contributed by atoms with Crippen molar-refractivity contribution in [3.63, 3.8) is 0 Å². The Morgan fingerprint density at radius 2 is 2.06 bits per heavy atom. The summed E-state index contributed by atoms with van der Waals surface area (Å²) in [4.78, 5) is 2.25. The van der Waals surface area contributed by atoms with Gasteiger partial charge in [0.25, 0.3) is 0 Å². The molecule has 0 bridgehead atoms. The summed E-state index contributed by atoms with van der Waals surface area (Å²) in [7, 11) is 0. The fourth-order valence-corrected chi connectivity index (χ4v) is 1.85. The van der Waals surface area contributed by atoms with Gasteiger partial charge in [0.2, 0.25) is 0 Å². The van der Waals surface area contributed by atoms with E-state index in [2.05, 4.69) is 16.8 Å². The van der Waals surface area contributed by atoms with Crippen LogP contribution < -0.4 is 5.32 Å². The molecule has 0 saturated heterocycles. The van der Waals surface area contributed by atoms with Crippen molar-refractivity contribution in [1.29, 1.82) is 0 Å². The standard InChI is InChI=1S/C13H26N2O/c1-2-9-15(11-12-16)10-5-3-4-8-14-13-6-7-13/h2,13-14,16H,1,3-12H2. The summed E-state index contributed by atoms with van der Waals surface area (Å²) in [5.41, 5.74) is 0. The molecule has 1 saturated carbocycles. The molecule has 2 N–H and O–H groups in total. The van der Waals surface area contributed by atoms with Crippen LogP contribution in [0.15, 0.2) is 12.7 Å². The number of hydrogen-bond donors (Lipinski definition) is 2. The normalized spacial score (nSPS) is 15.6. The third-order valence-corrected chi connectivity index (χ3v) is 2.97. The topological polar surface area (TPSA) is 35.5 Å². The Hall–Kier alpha value is -0.380.